The van der Waals surface area contributed by atoms with Gasteiger partial charge in [-0.05, 0) is 20.3 Å². The second-order valence-corrected chi connectivity index (χ2v) is 7.07. The summed E-state index contributed by atoms with van der Waals surface area (Å²) in [4.78, 5) is 6.48. The number of rotatable bonds is 3. The summed E-state index contributed by atoms with van der Waals surface area (Å²) in [6, 6.07) is -0.483. The van der Waals surface area contributed by atoms with Crippen molar-refractivity contribution in [2.45, 2.75) is 62.6 Å². The molecule has 0 aliphatic carbocycles. The molecule has 2 heterocycles. The fourth-order valence-corrected chi connectivity index (χ4v) is 3.75. The molecule has 7 heteroatoms. The van der Waals surface area contributed by atoms with Crippen molar-refractivity contribution in [3.05, 3.63) is 0 Å². The summed E-state index contributed by atoms with van der Waals surface area (Å²) in [7, 11) is 1.95. The molecule has 0 radical (unpaired) electrons. The van der Waals surface area contributed by atoms with Crippen LogP contribution in [0.4, 0.5) is 0 Å². The summed E-state index contributed by atoms with van der Waals surface area (Å²) < 4.78 is 5.78. The molecule has 0 aromatic carbocycles. The third-order valence-corrected chi connectivity index (χ3v) is 4.88. The molecule has 116 valence electrons. The van der Waals surface area contributed by atoms with Gasteiger partial charge in [0.05, 0.1) is 5.60 Å². The van der Waals surface area contributed by atoms with Gasteiger partial charge in [0.25, 0.3) is 0 Å². The highest BCUT2D eigenvalue weighted by Gasteiger charge is 2.52. The van der Waals surface area contributed by atoms with Crippen LogP contribution < -0.4 is 0 Å². The second-order valence-electron chi connectivity index (χ2n) is 6.00. The van der Waals surface area contributed by atoms with E-state index < -0.39 is 30.0 Å². The van der Waals surface area contributed by atoms with Gasteiger partial charge in [-0.25, -0.2) is 0 Å². The summed E-state index contributed by atoms with van der Waals surface area (Å²) in [6.07, 6.45) is -1.98. The lowest BCUT2D eigenvalue weighted by molar-refractivity contribution is -0.208. The maximum Gasteiger partial charge on any atom is 0.162 e. The molecule has 6 nitrogen and oxygen atoms in total. The quantitative estimate of drug-likeness (QED) is 0.681. The van der Waals surface area contributed by atoms with E-state index >= 15 is 0 Å². The molecule has 2 aliphatic heterocycles. The Bertz CT molecular complexity index is 385. The van der Waals surface area contributed by atoms with E-state index in [1.54, 1.807) is 13.8 Å². The van der Waals surface area contributed by atoms with Crippen LogP contribution in [0.3, 0.4) is 0 Å². The van der Waals surface area contributed by atoms with Gasteiger partial charge in [0, 0.05) is 13.6 Å². The zero-order valence-corrected chi connectivity index (χ0v) is 13.2. The topological polar surface area (TPSA) is 85.5 Å². The third kappa shape index (κ3) is 2.96. The van der Waals surface area contributed by atoms with Crippen LogP contribution in [0.2, 0.25) is 0 Å². The first-order valence-corrected chi connectivity index (χ1v) is 7.83. The minimum Gasteiger partial charge on any atom is -0.388 e. The van der Waals surface area contributed by atoms with Crippen LogP contribution in [0.15, 0.2) is 4.99 Å². The Morgan fingerprint density at radius 1 is 1.35 bits per heavy atom. The third-order valence-electron chi connectivity index (χ3n) is 3.63. The number of aliphatic hydroxyl groups excluding tert-OH is 2. The number of amidine groups is 1. The van der Waals surface area contributed by atoms with Crippen LogP contribution >= 0.6 is 11.8 Å². The predicted molar refractivity (Wildman–Crippen MR) is 78.7 cm³/mol. The summed E-state index contributed by atoms with van der Waals surface area (Å²) in [5.74, 6) is 0. The fourth-order valence-electron chi connectivity index (χ4n) is 2.55. The highest BCUT2D eigenvalue weighted by molar-refractivity contribution is 8.14. The molecular weight excluding hydrogens is 280 g/mol. The Balaban J connectivity index is 2.13. The highest BCUT2D eigenvalue weighted by atomic mass is 32.2. The molecule has 3 unspecified atom stereocenters. The molecule has 5 atom stereocenters. The standard InChI is InChI=1S/C13H24N2O4S/c1-5-6-15(4)12-14-7-8(16)9(17)10(13(2,3)18)19-11(7)20-12/h7-11,16-18H,5-6H2,1-4H3/t7-,8?,9+,10?,11?/m1/s1. The number of thioether (sulfide) groups is 1. The first-order chi connectivity index (χ1) is 9.25. The first-order valence-electron chi connectivity index (χ1n) is 6.95. The summed E-state index contributed by atoms with van der Waals surface area (Å²) in [5.41, 5.74) is -1.58. The average Bonchev–Trinajstić information content (AvgIpc) is 2.77. The predicted octanol–water partition coefficient (Wildman–Crippen LogP) is 0.0172. The largest absolute Gasteiger partial charge is 0.388 e. The molecule has 0 spiro atoms. The van der Waals surface area contributed by atoms with Crippen molar-refractivity contribution in [3.63, 3.8) is 0 Å². The number of hydrogen-bond donors (Lipinski definition) is 3. The van der Waals surface area contributed by atoms with Gasteiger partial charge in [-0.15, -0.1) is 0 Å². The lowest BCUT2D eigenvalue weighted by Crippen LogP contribution is -2.61. The van der Waals surface area contributed by atoms with E-state index in [2.05, 4.69) is 11.9 Å². The van der Waals surface area contributed by atoms with Crippen molar-refractivity contribution in [1.29, 1.82) is 0 Å². The maximum atomic E-state index is 10.2. The molecule has 0 bridgehead atoms. The Morgan fingerprint density at radius 2 is 2.00 bits per heavy atom. The maximum absolute atomic E-state index is 10.2. The van der Waals surface area contributed by atoms with Gasteiger partial charge in [-0.2, -0.15) is 0 Å². The number of aliphatic imine (C=N–C) groups is 1. The molecule has 1 fully saturated rings. The number of fused-ring (bicyclic) bond motifs is 1. The van der Waals surface area contributed by atoms with E-state index in [1.807, 2.05) is 11.9 Å². The monoisotopic (exact) mass is 304 g/mol. The zero-order chi connectivity index (χ0) is 15.1. The van der Waals surface area contributed by atoms with Crippen LogP contribution in [0.25, 0.3) is 0 Å². The molecule has 0 aromatic rings. The second kappa shape index (κ2) is 5.81. The normalized spacial score (nSPS) is 37.5. The summed E-state index contributed by atoms with van der Waals surface area (Å²) >= 11 is 1.44. The van der Waals surface area contributed by atoms with Crippen LogP contribution in [-0.2, 0) is 4.74 Å². The van der Waals surface area contributed by atoms with E-state index in [0.717, 1.165) is 18.1 Å². The molecule has 0 amide bonds. The van der Waals surface area contributed by atoms with Gasteiger partial charge in [0.15, 0.2) is 5.17 Å². The van der Waals surface area contributed by atoms with Crippen molar-refractivity contribution >= 4 is 16.9 Å². The Hall–Kier alpha value is -0.340. The van der Waals surface area contributed by atoms with Gasteiger partial charge in [0.2, 0.25) is 0 Å². The van der Waals surface area contributed by atoms with Gasteiger partial charge in [0.1, 0.15) is 29.8 Å². The lowest BCUT2D eigenvalue weighted by atomic mass is 9.89. The van der Waals surface area contributed by atoms with E-state index in [0.29, 0.717) is 0 Å². The molecule has 3 N–H and O–H groups in total. The number of aliphatic hydroxyl groups is 3. The van der Waals surface area contributed by atoms with Crippen molar-refractivity contribution < 1.29 is 20.1 Å². The van der Waals surface area contributed by atoms with Crippen molar-refractivity contribution in [3.8, 4) is 0 Å². The fraction of sp³-hybridized carbons (Fsp3) is 0.923. The van der Waals surface area contributed by atoms with Gasteiger partial charge in [-0.3, -0.25) is 4.99 Å². The Kier molecular flexibility index (Phi) is 4.66. The minimum atomic E-state index is -1.22. The lowest BCUT2D eigenvalue weighted by Gasteiger charge is -2.43. The van der Waals surface area contributed by atoms with E-state index in [-0.39, 0.29) is 5.44 Å². The van der Waals surface area contributed by atoms with Crippen LogP contribution in [0, 0.1) is 0 Å². The molecule has 20 heavy (non-hydrogen) atoms. The van der Waals surface area contributed by atoms with Crippen LogP contribution in [0.1, 0.15) is 27.2 Å². The highest BCUT2D eigenvalue weighted by Crippen LogP contribution is 2.39. The van der Waals surface area contributed by atoms with E-state index in [4.69, 9.17) is 4.74 Å². The van der Waals surface area contributed by atoms with E-state index in [9.17, 15) is 15.3 Å². The first kappa shape index (κ1) is 16.0. The smallest absolute Gasteiger partial charge is 0.162 e. The van der Waals surface area contributed by atoms with Crippen LogP contribution in [0.5, 0.6) is 0 Å². The van der Waals surface area contributed by atoms with Gasteiger partial charge < -0.3 is 25.0 Å². The molecule has 0 saturated carbocycles. The van der Waals surface area contributed by atoms with Gasteiger partial charge >= 0.3 is 0 Å². The van der Waals surface area contributed by atoms with Crippen molar-refractivity contribution in [1.82, 2.24) is 4.90 Å². The van der Waals surface area contributed by atoms with Crippen LogP contribution in [-0.4, -0.2) is 74.4 Å². The SMILES string of the molecule is CCCN(C)C1=N[C@H]2C(OC(C(C)(C)O)[C@@H](O)C2O)S1. The Morgan fingerprint density at radius 3 is 2.55 bits per heavy atom. The van der Waals surface area contributed by atoms with E-state index in [1.165, 1.54) is 11.8 Å². The molecule has 2 rings (SSSR count). The molecular formula is C13H24N2O4S. The zero-order valence-electron chi connectivity index (χ0n) is 12.4. The Labute approximate surface area is 123 Å². The molecule has 0 aromatic heterocycles. The summed E-state index contributed by atoms with van der Waals surface area (Å²) in [6.45, 7) is 6.10. The number of hydrogen-bond acceptors (Lipinski definition) is 7. The summed E-state index contributed by atoms with van der Waals surface area (Å²) in [5, 5.41) is 31.2. The minimum absolute atomic E-state index is 0.362. The van der Waals surface area contributed by atoms with Gasteiger partial charge in [-0.1, -0.05) is 18.7 Å². The van der Waals surface area contributed by atoms with Crippen molar-refractivity contribution in [2.75, 3.05) is 13.6 Å². The number of nitrogens with zero attached hydrogens (tertiary/aromatic N) is 2. The molecule has 2 aliphatic rings. The van der Waals surface area contributed by atoms with Crippen molar-refractivity contribution in [2.24, 2.45) is 4.99 Å². The average molecular weight is 304 g/mol. The molecule has 1 saturated heterocycles. The number of ether oxygens (including phenoxy) is 1.